The van der Waals surface area contributed by atoms with Crippen LogP contribution in [0.4, 0.5) is 4.79 Å². The van der Waals surface area contributed by atoms with Crippen molar-refractivity contribution in [2.24, 2.45) is 17.8 Å². The van der Waals surface area contributed by atoms with Gasteiger partial charge in [0.05, 0.1) is 0 Å². The maximum atomic E-state index is 11.9. The molecule has 5 atom stereocenters. The maximum Gasteiger partial charge on any atom is 0.326 e. The van der Waals surface area contributed by atoms with E-state index in [4.69, 9.17) is 5.11 Å². The summed E-state index contributed by atoms with van der Waals surface area (Å²) in [6.45, 7) is 5.53. The molecule has 112 valence electrons. The van der Waals surface area contributed by atoms with E-state index in [1.165, 1.54) is 31.8 Å². The van der Waals surface area contributed by atoms with Crippen molar-refractivity contribution in [2.45, 2.75) is 51.1 Å². The predicted octanol–water partition coefficient (Wildman–Crippen LogP) is 2.14. The molecule has 5 nitrogen and oxygen atoms in total. The minimum Gasteiger partial charge on any atom is -0.480 e. The molecule has 20 heavy (non-hydrogen) atoms. The van der Waals surface area contributed by atoms with Gasteiger partial charge in [0, 0.05) is 6.04 Å². The van der Waals surface area contributed by atoms with E-state index in [1.807, 2.05) is 6.92 Å². The van der Waals surface area contributed by atoms with Crippen LogP contribution in [0.1, 0.15) is 39.0 Å². The number of nitrogens with one attached hydrogen (secondary N) is 2. The van der Waals surface area contributed by atoms with E-state index < -0.39 is 18.0 Å². The number of carboxylic acids is 1. The molecule has 2 bridgehead atoms. The zero-order chi connectivity index (χ0) is 14.7. The number of rotatable bonds is 6. The molecule has 3 N–H and O–H groups in total. The van der Waals surface area contributed by atoms with Gasteiger partial charge in [-0.1, -0.05) is 12.5 Å². The number of carbonyl (C=O) groups is 2. The van der Waals surface area contributed by atoms with E-state index in [0.29, 0.717) is 5.92 Å². The lowest BCUT2D eigenvalue weighted by Crippen LogP contribution is -2.50. The van der Waals surface area contributed by atoms with Gasteiger partial charge < -0.3 is 15.7 Å². The molecule has 0 heterocycles. The van der Waals surface area contributed by atoms with E-state index >= 15 is 0 Å². The van der Waals surface area contributed by atoms with Crippen molar-refractivity contribution < 1.29 is 14.7 Å². The van der Waals surface area contributed by atoms with Crippen molar-refractivity contribution in [2.75, 3.05) is 0 Å². The van der Waals surface area contributed by atoms with Gasteiger partial charge in [-0.05, 0) is 50.4 Å². The molecular weight excluding hydrogens is 256 g/mol. The Balaban J connectivity index is 1.81. The van der Waals surface area contributed by atoms with Crippen LogP contribution in [0, 0.1) is 17.8 Å². The number of fused-ring (bicyclic) bond motifs is 2. The molecule has 5 heteroatoms. The normalized spacial score (nSPS) is 30.6. The summed E-state index contributed by atoms with van der Waals surface area (Å²) in [5, 5.41) is 14.4. The van der Waals surface area contributed by atoms with Crippen molar-refractivity contribution in [3.63, 3.8) is 0 Å². The van der Waals surface area contributed by atoms with Crippen LogP contribution in [0.5, 0.6) is 0 Å². The number of carboxylic acid groups (broad SMARTS) is 1. The predicted molar refractivity (Wildman–Crippen MR) is 76.3 cm³/mol. The number of urea groups is 1. The molecule has 2 amide bonds. The molecule has 0 aromatic carbocycles. The Labute approximate surface area is 119 Å². The molecular formula is C15H24N2O3. The summed E-state index contributed by atoms with van der Waals surface area (Å²) in [6.07, 6.45) is 6.83. The van der Waals surface area contributed by atoms with Crippen LogP contribution in [0.15, 0.2) is 12.7 Å². The monoisotopic (exact) mass is 280 g/mol. The van der Waals surface area contributed by atoms with Crippen LogP contribution >= 0.6 is 0 Å². The second-order valence-corrected chi connectivity index (χ2v) is 6.16. The van der Waals surface area contributed by atoms with E-state index in [0.717, 1.165) is 11.8 Å². The Kier molecular flexibility index (Phi) is 4.68. The Morgan fingerprint density at radius 3 is 2.60 bits per heavy atom. The van der Waals surface area contributed by atoms with Gasteiger partial charge in [-0.25, -0.2) is 9.59 Å². The number of amides is 2. The summed E-state index contributed by atoms with van der Waals surface area (Å²) in [7, 11) is 0. The van der Waals surface area contributed by atoms with Crippen LogP contribution in [0.2, 0.25) is 0 Å². The minimum absolute atomic E-state index is 0.100. The molecule has 0 aromatic heterocycles. The Morgan fingerprint density at radius 1 is 1.35 bits per heavy atom. The molecule has 0 radical (unpaired) electrons. The zero-order valence-electron chi connectivity index (χ0n) is 12.0. The summed E-state index contributed by atoms with van der Waals surface area (Å²) >= 11 is 0. The quantitative estimate of drug-likeness (QED) is 0.652. The fraction of sp³-hybridized carbons (Fsp3) is 0.733. The van der Waals surface area contributed by atoms with Gasteiger partial charge in [-0.2, -0.15) is 0 Å². The third-order valence-corrected chi connectivity index (χ3v) is 4.80. The van der Waals surface area contributed by atoms with Crippen LogP contribution in [0.25, 0.3) is 0 Å². The van der Waals surface area contributed by atoms with Crippen LogP contribution < -0.4 is 10.6 Å². The molecule has 5 unspecified atom stereocenters. The number of aliphatic carboxylic acids is 1. The number of hydrogen-bond donors (Lipinski definition) is 3. The molecule has 0 aliphatic heterocycles. The summed E-state index contributed by atoms with van der Waals surface area (Å²) in [5.74, 6) is 1.08. The lowest BCUT2D eigenvalue weighted by Gasteiger charge is -2.29. The molecule has 0 saturated heterocycles. The summed E-state index contributed by atoms with van der Waals surface area (Å²) in [4.78, 5) is 22.9. The first-order chi connectivity index (χ1) is 9.51. The lowest BCUT2D eigenvalue weighted by molar-refractivity contribution is -0.139. The highest BCUT2D eigenvalue weighted by molar-refractivity contribution is 5.82. The average molecular weight is 280 g/mol. The van der Waals surface area contributed by atoms with E-state index in [2.05, 4.69) is 17.2 Å². The highest BCUT2D eigenvalue weighted by Gasteiger charge is 2.42. The SMILES string of the molecule is C=CCC(NC(=O)NC(C)C1CC2CCC1C2)C(=O)O. The van der Waals surface area contributed by atoms with Gasteiger partial charge >= 0.3 is 12.0 Å². The van der Waals surface area contributed by atoms with E-state index in [-0.39, 0.29) is 12.5 Å². The first-order valence-electron chi connectivity index (χ1n) is 7.42. The second-order valence-electron chi connectivity index (χ2n) is 6.16. The minimum atomic E-state index is -1.03. The largest absolute Gasteiger partial charge is 0.480 e. The number of hydrogen-bond acceptors (Lipinski definition) is 2. The molecule has 2 rings (SSSR count). The number of carbonyl (C=O) groups excluding carboxylic acids is 1. The summed E-state index contributed by atoms with van der Waals surface area (Å²) < 4.78 is 0. The first-order valence-corrected chi connectivity index (χ1v) is 7.42. The van der Waals surface area contributed by atoms with Gasteiger partial charge in [-0.3, -0.25) is 0 Å². The van der Waals surface area contributed by atoms with Crippen LogP contribution in [0.3, 0.4) is 0 Å². The standard InChI is InChI=1S/C15H24N2O3/c1-3-4-13(14(18)19)17-15(20)16-9(2)12-8-10-5-6-11(12)7-10/h3,9-13H,1,4-8H2,2H3,(H,18,19)(H2,16,17,20). The van der Waals surface area contributed by atoms with Crippen molar-refractivity contribution in [1.29, 1.82) is 0 Å². The summed E-state index contributed by atoms with van der Waals surface area (Å²) in [5.41, 5.74) is 0. The third-order valence-electron chi connectivity index (χ3n) is 4.80. The molecule has 2 saturated carbocycles. The molecule has 2 fully saturated rings. The lowest BCUT2D eigenvalue weighted by atomic mass is 9.84. The summed E-state index contributed by atoms with van der Waals surface area (Å²) in [6, 6.07) is -1.20. The maximum absolute atomic E-state index is 11.9. The Hall–Kier alpha value is -1.52. The third kappa shape index (κ3) is 3.32. The van der Waals surface area contributed by atoms with Crippen LogP contribution in [-0.2, 0) is 4.79 Å². The van der Waals surface area contributed by atoms with Gasteiger partial charge in [0.2, 0.25) is 0 Å². The van der Waals surface area contributed by atoms with Crippen molar-refractivity contribution in [3.8, 4) is 0 Å². The molecule has 2 aliphatic rings. The van der Waals surface area contributed by atoms with Crippen LogP contribution in [-0.4, -0.2) is 29.2 Å². The fourth-order valence-electron chi connectivity index (χ4n) is 3.81. The van der Waals surface area contributed by atoms with Crippen molar-refractivity contribution in [3.05, 3.63) is 12.7 Å². The molecule has 2 aliphatic carbocycles. The van der Waals surface area contributed by atoms with E-state index in [1.54, 1.807) is 0 Å². The van der Waals surface area contributed by atoms with Gasteiger partial charge in [0.1, 0.15) is 6.04 Å². The highest BCUT2D eigenvalue weighted by atomic mass is 16.4. The van der Waals surface area contributed by atoms with Gasteiger partial charge in [0.25, 0.3) is 0 Å². The van der Waals surface area contributed by atoms with Gasteiger partial charge in [0.15, 0.2) is 0 Å². The Morgan fingerprint density at radius 2 is 2.10 bits per heavy atom. The molecule has 0 aromatic rings. The first kappa shape index (κ1) is 14.9. The molecule has 0 spiro atoms. The average Bonchev–Trinajstić information content (AvgIpc) is 3.00. The van der Waals surface area contributed by atoms with Crippen molar-refractivity contribution in [1.82, 2.24) is 10.6 Å². The van der Waals surface area contributed by atoms with Gasteiger partial charge in [-0.15, -0.1) is 6.58 Å². The van der Waals surface area contributed by atoms with E-state index in [9.17, 15) is 9.59 Å². The Bertz CT molecular complexity index is 397. The fourth-order valence-corrected chi connectivity index (χ4v) is 3.81. The van der Waals surface area contributed by atoms with Crippen molar-refractivity contribution >= 4 is 12.0 Å². The smallest absolute Gasteiger partial charge is 0.326 e. The zero-order valence-corrected chi connectivity index (χ0v) is 12.0. The topological polar surface area (TPSA) is 78.4 Å². The second kappa shape index (κ2) is 6.29. The highest BCUT2D eigenvalue weighted by Crippen LogP contribution is 2.49.